The van der Waals surface area contributed by atoms with Crippen LogP contribution in [0.1, 0.15) is 38.2 Å². The summed E-state index contributed by atoms with van der Waals surface area (Å²) in [6, 6.07) is 12.0. The highest BCUT2D eigenvalue weighted by Gasteiger charge is 2.29. The Morgan fingerprint density at radius 3 is 2.83 bits per heavy atom. The zero-order chi connectivity index (χ0) is 20.4. The minimum absolute atomic E-state index is 0.160. The highest BCUT2D eigenvalue weighted by Crippen LogP contribution is 2.34. The van der Waals surface area contributed by atoms with E-state index in [-0.39, 0.29) is 23.7 Å². The maximum atomic E-state index is 14.6. The molecule has 0 fully saturated rings. The third-order valence-corrected chi connectivity index (χ3v) is 5.41. The molecule has 0 saturated carbocycles. The Morgan fingerprint density at radius 1 is 1.17 bits per heavy atom. The van der Waals surface area contributed by atoms with Crippen LogP contribution in [0.3, 0.4) is 0 Å². The van der Waals surface area contributed by atoms with Crippen LogP contribution < -0.4 is 5.32 Å². The number of rotatable bonds is 4. The molecule has 1 aliphatic heterocycles. The van der Waals surface area contributed by atoms with E-state index in [4.69, 9.17) is 0 Å². The Bertz CT molecular complexity index is 1040. The van der Waals surface area contributed by atoms with Crippen molar-refractivity contribution in [3.05, 3.63) is 65.0 Å². The average molecular weight is 391 g/mol. The quantitative estimate of drug-likeness (QED) is 0.776. The fourth-order valence-corrected chi connectivity index (χ4v) is 4.07. The molecule has 29 heavy (non-hydrogen) atoms. The highest BCUT2D eigenvalue weighted by molar-refractivity contribution is 5.95. The first kappa shape index (κ1) is 19.2. The summed E-state index contributed by atoms with van der Waals surface area (Å²) < 4.78 is 14.6. The second-order valence-electron chi connectivity index (χ2n) is 7.53. The van der Waals surface area contributed by atoms with Crippen LogP contribution in [-0.2, 0) is 16.0 Å². The second kappa shape index (κ2) is 8.07. The van der Waals surface area contributed by atoms with Gasteiger partial charge in [0, 0.05) is 30.2 Å². The number of halogens is 1. The lowest BCUT2D eigenvalue weighted by Crippen LogP contribution is -2.23. The first-order chi connectivity index (χ1) is 14.0. The number of azo groups is 1. The van der Waals surface area contributed by atoms with Gasteiger partial charge in [-0.05, 0) is 66.6 Å². The standard InChI is InChI=1S/C23H22FN3O2/c1-14(28)25-17-6-4-5-16(13-17)20-11-15(9-10-21(20)24)12-22-18-7-2-3-8-19(18)23(29)27-26-22/h4-6,9-11,13,22H,2-3,7-8,12H2,1H3,(H,25,28). The number of hydrogen-bond donors (Lipinski definition) is 1. The smallest absolute Gasteiger partial charge is 0.291 e. The molecular formula is C23H22FN3O2. The minimum atomic E-state index is -0.327. The van der Waals surface area contributed by atoms with E-state index in [0.717, 1.165) is 42.4 Å². The second-order valence-corrected chi connectivity index (χ2v) is 7.53. The highest BCUT2D eigenvalue weighted by atomic mass is 19.1. The number of anilines is 1. The molecule has 2 aliphatic rings. The van der Waals surface area contributed by atoms with E-state index in [1.54, 1.807) is 24.3 Å². The Kier molecular flexibility index (Phi) is 5.34. The summed E-state index contributed by atoms with van der Waals surface area (Å²) >= 11 is 0. The molecule has 1 N–H and O–H groups in total. The first-order valence-electron chi connectivity index (χ1n) is 9.85. The average Bonchev–Trinajstić information content (AvgIpc) is 2.71. The molecule has 1 aliphatic carbocycles. The maximum Gasteiger partial charge on any atom is 0.291 e. The van der Waals surface area contributed by atoms with Gasteiger partial charge in [-0.25, -0.2) is 4.39 Å². The van der Waals surface area contributed by atoms with Gasteiger partial charge in [0.25, 0.3) is 5.91 Å². The number of nitrogens with one attached hydrogen (secondary N) is 1. The number of benzene rings is 2. The van der Waals surface area contributed by atoms with E-state index in [0.29, 0.717) is 23.2 Å². The third-order valence-electron chi connectivity index (χ3n) is 5.41. The summed E-state index contributed by atoms with van der Waals surface area (Å²) in [5.41, 5.74) is 4.62. The van der Waals surface area contributed by atoms with Crippen LogP contribution in [-0.4, -0.2) is 17.9 Å². The fourth-order valence-electron chi connectivity index (χ4n) is 4.07. The van der Waals surface area contributed by atoms with Crippen LogP contribution in [0.25, 0.3) is 11.1 Å². The number of amides is 2. The molecule has 0 aromatic heterocycles. The van der Waals surface area contributed by atoms with Crippen LogP contribution in [0.2, 0.25) is 0 Å². The number of nitrogens with zero attached hydrogens (tertiary/aromatic N) is 2. The van der Waals surface area contributed by atoms with Crippen molar-refractivity contribution in [2.75, 3.05) is 5.32 Å². The molecule has 0 spiro atoms. The topological polar surface area (TPSA) is 70.9 Å². The van der Waals surface area contributed by atoms with Crippen molar-refractivity contribution < 1.29 is 14.0 Å². The molecule has 0 bridgehead atoms. The molecule has 5 nitrogen and oxygen atoms in total. The van der Waals surface area contributed by atoms with E-state index in [2.05, 4.69) is 15.5 Å². The Morgan fingerprint density at radius 2 is 2.00 bits per heavy atom. The van der Waals surface area contributed by atoms with E-state index in [1.165, 1.54) is 13.0 Å². The van der Waals surface area contributed by atoms with Crippen molar-refractivity contribution in [3.63, 3.8) is 0 Å². The summed E-state index contributed by atoms with van der Waals surface area (Å²) in [4.78, 5) is 23.3. The maximum absolute atomic E-state index is 14.6. The number of hydrogen-bond acceptors (Lipinski definition) is 3. The Balaban J connectivity index is 1.63. The van der Waals surface area contributed by atoms with Crippen LogP contribution in [0.15, 0.2) is 63.8 Å². The van der Waals surface area contributed by atoms with Gasteiger partial charge in [0.15, 0.2) is 0 Å². The van der Waals surface area contributed by atoms with Crippen molar-refractivity contribution in [1.82, 2.24) is 0 Å². The Hall–Kier alpha value is -3.15. The molecule has 1 unspecified atom stereocenters. The van der Waals surface area contributed by atoms with E-state index in [1.807, 2.05) is 12.1 Å². The molecule has 1 atom stereocenters. The molecule has 0 radical (unpaired) electrons. The molecular weight excluding hydrogens is 369 g/mol. The van der Waals surface area contributed by atoms with Crippen molar-refractivity contribution in [3.8, 4) is 11.1 Å². The Labute approximate surface area is 168 Å². The van der Waals surface area contributed by atoms with Gasteiger partial charge in [-0.15, -0.1) is 5.11 Å². The van der Waals surface area contributed by atoms with Gasteiger partial charge in [-0.3, -0.25) is 9.59 Å². The predicted octanol–water partition coefficient (Wildman–Crippen LogP) is 5.23. The van der Waals surface area contributed by atoms with Crippen LogP contribution in [0, 0.1) is 5.82 Å². The van der Waals surface area contributed by atoms with E-state index >= 15 is 0 Å². The van der Waals surface area contributed by atoms with E-state index < -0.39 is 0 Å². The van der Waals surface area contributed by atoms with Crippen LogP contribution in [0.5, 0.6) is 0 Å². The SMILES string of the molecule is CC(=O)Nc1cccc(-c2cc(CC3N=NC(=O)C4=C3CCCC4)ccc2F)c1. The van der Waals surface area contributed by atoms with Crippen molar-refractivity contribution in [2.45, 2.75) is 45.1 Å². The normalized spacial score (nSPS) is 18.6. The zero-order valence-corrected chi connectivity index (χ0v) is 16.2. The lowest BCUT2D eigenvalue weighted by atomic mass is 9.84. The molecule has 148 valence electrons. The molecule has 4 rings (SSSR count). The molecule has 2 aromatic rings. The molecule has 1 heterocycles. The summed E-state index contributed by atoms with van der Waals surface area (Å²) in [7, 11) is 0. The largest absolute Gasteiger partial charge is 0.326 e. The molecule has 6 heteroatoms. The lowest BCUT2D eigenvalue weighted by Gasteiger charge is -2.26. The van der Waals surface area contributed by atoms with Crippen LogP contribution >= 0.6 is 0 Å². The zero-order valence-electron chi connectivity index (χ0n) is 16.2. The van der Waals surface area contributed by atoms with Gasteiger partial charge < -0.3 is 5.32 Å². The van der Waals surface area contributed by atoms with Gasteiger partial charge in [0.05, 0.1) is 6.04 Å². The summed E-state index contributed by atoms with van der Waals surface area (Å²) in [5, 5.41) is 10.8. The van der Waals surface area contributed by atoms with Gasteiger partial charge in [0.1, 0.15) is 5.82 Å². The van der Waals surface area contributed by atoms with Crippen molar-refractivity contribution >= 4 is 17.5 Å². The number of carbonyl (C=O) groups is 2. The lowest BCUT2D eigenvalue weighted by molar-refractivity contribution is -0.115. The number of carbonyl (C=O) groups excluding carboxylic acids is 2. The molecule has 2 amide bonds. The first-order valence-corrected chi connectivity index (χ1v) is 9.85. The van der Waals surface area contributed by atoms with Gasteiger partial charge in [-0.2, -0.15) is 5.11 Å². The fraction of sp³-hybridized carbons (Fsp3) is 0.304. The minimum Gasteiger partial charge on any atom is -0.326 e. The molecule has 2 aromatic carbocycles. The van der Waals surface area contributed by atoms with E-state index in [9.17, 15) is 14.0 Å². The van der Waals surface area contributed by atoms with Gasteiger partial charge in [-0.1, -0.05) is 18.2 Å². The summed E-state index contributed by atoms with van der Waals surface area (Å²) in [6.07, 6.45) is 4.29. The monoisotopic (exact) mass is 391 g/mol. The summed E-state index contributed by atoms with van der Waals surface area (Å²) in [6.45, 7) is 1.44. The predicted molar refractivity (Wildman–Crippen MR) is 109 cm³/mol. The van der Waals surface area contributed by atoms with Crippen molar-refractivity contribution in [2.24, 2.45) is 10.2 Å². The van der Waals surface area contributed by atoms with Gasteiger partial charge >= 0.3 is 0 Å². The van der Waals surface area contributed by atoms with Crippen molar-refractivity contribution in [1.29, 1.82) is 0 Å². The molecule has 0 saturated heterocycles. The van der Waals surface area contributed by atoms with Crippen LogP contribution in [0.4, 0.5) is 10.1 Å². The van der Waals surface area contributed by atoms with Gasteiger partial charge in [0.2, 0.25) is 5.91 Å². The summed E-state index contributed by atoms with van der Waals surface area (Å²) in [5.74, 6) is -0.706. The third kappa shape index (κ3) is 4.16.